The number of ether oxygens (including phenoxy) is 5. The molecule has 1 amide bonds. The predicted molar refractivity (Wildman–Crippen MR) is 105 cm³/mol. The molecule has 0 saturated carbocycles. The lowest BCUT2D eigenvalue weighted by Crippen LogP contribution is -2.60. The van der Waals surface area contributed by atoms with Crippen LogP contribution in [0.1, 0.15) is 58.6 Å². The Labute approximate surface area is 176 Å². The van der Waals surface area contributed by atoms with Crippen LogP contribution in [-0.2, 0) is 28.5 Å². The third kappa shape index (κ3) is 3.54. The van der Waals surface area contributed by atoms with Crippen LogP contribution in [-0.4, -0.2) is 64.6 Å². The second kappa shape index (κ2) is 7.24. The van der Waals surface area contributed by atoms with E-state index in [1.54, 1.807) is 6.20 Å². The van der Waals surface area contributed by atoms with Crippen LogP contribution in [0, 0.1) is 0 Å². The second-order valence-electron chi connectivity index (χ2n) is 9.42. The molecule has 5 heterocycles. The number of amides is 1. The normalized spacial score (nSPS) is 39.4. The Kier molecular flexibility index (Phi) is 4.91. The van der Waals surface area contributed by atoms with Gasteiger partial charge < -0.3 is 28.6 Å². The van der Waals surface area contributed by atoms with E-state index in [1.165, 1.54) is 0 Å². The molecule has 6 atom stereocenters. The molecule has 0 N–H and O–H groups in total. The van der Waals surface area contributed by atoms with Crippen molar-refractivity contribution in [3.63, 3.8) is 0 Å². The molecule has 8 nitrogen and oxygen atoms in total. The number of likely N-dealkylation sites (tertiary alicyclic amines) is 1. The summed E-state index contributed by atoms with van der Waals surface area (Å²) in [5.41, 5.74) is 1.04. The molecule has 4 saturated heterocycles. The fourth-order valence-corrected chi connectivity index (χ4v) is 5.09. The number of hydrogen-bond acceptors (Lipinski definition) is 7. The van der Waals surface area contributed by atoms with Crippen molar-refractivity contribution in [3.8, 4) is 0 Å². The summed E-state index contributed by atoms with van der Waals surface area (Å²) in [5.74, 6) is -1.73. The molecule has 164 valence electrons. The van der Waals surface area contributed by atoms with Gasteiger partial charge in [-0.2, -0.15) is 0 Å². The summed E-state index contributed by atoms with van der Waals surface area (Å²) in [6, 6.07) is 3.91. The first-order chi connectivity index (χ1) is 14.2. The Bertz CT molecular complexity index is 800. The topological polar surface area (TPSA) is 79.4 Å². The van der Waals surface area contributed by atoms with Crippen molar-refractivity contribution < 1.29 is 28.5 Å². The predicted octanol–water partition coefficient (Wildman–Crippen LogP) is 2.53. The molecule has 0 aliphatic carbocycles. The Hall–Kier alpha value is -1.58. The van der Waals surface area contributed by atoms with Crippen LogP contribution in [0.4, 0.5) is 0 Å². The molecule has 8 heteroatoms. The van der Waals surface area contributed by atoms with Crippen LogP contribution < -0.4 is 0 Å². The zero-order chi connectivity index (χ0) is 21.1. The van der Waals surface area contributed by atoms with Gasteiger partial charge in [-0.15, -0.1) is 0 Å². The smallest absolute Gasteiger partial charge is 0.255 e. The Morgan fingerprint density at radius 2 is 1.77 bits per heavy atom. The quantitative estimate of drug-likeness (QED) is 0.730. The highest BCUT2D eigenvalue weighted by molar-refractivity contribution is 5.82. The van der Waals surface area contributed by atoms with E-state index in [0.717, 1.165) is 24.8 Å². The Morgan fingerprint density at radius 1 is 1.03 bits per heavy atom. The maximum atomic E-state index is 13.8. The molecular weight excluding hydrogens is 388 g/mol. The third-order valence-corrected chi connectivity index (χ3v) is 6.25. The number of hydrogen-bond donors (Lipinski definition) is 0. The lowest BCUT2D eigenvalue weighted by Gasteiger charge is -2.42. The summed E-state index contributed by atoms with van der Waals surface area (Å²) in [7, 11) is 0. The molecular formula is C22H30N2O6. The highest BCUT2D eigenvalue weighted by Crippen LogP contribution is 2.45. The number of nitrogens with zero attached hydrogens (tertiary/aromatic N) is 2. The zero-order valence-corrected chi connectivity index (χ0v) is 17.9. The van der Waals surface area contributed by atoms with E-state index in [2.05, 4.69) is 4.98 Å². The lowest BCUT2D eigenvalue weighted by atomic mass is 9.93. The molecule has 1 aromatic rings. The van der Waals surface area contributed by atoms with E-state index >= 15 is 0 Å². The number of rotatable bonds is 2. The molecule has 0 spiro atoms. The van der Waals surface area contributed by atoms with Crippen LogP contribution in [0.25, 0.3) is 0 Å². The van der Waals surface area contributed by atoms with Gasteiger partial charge in [0.2, 0.25) is 0 Å². The summed E-state index contributed by atoms with van der Waals surface area (Å²) in [6.45, 7) is 8.05. The molecule has 0 bridgehead atoms. The minimum absolute atomic E-state index is 0.0211. The zero-order valence-electron chi connectivity index (χ0n) is 17.9. The van der Waals surface area contributed by atoms with Gasteiger partial charge in [-0.1, -0.05) is 6.07 Å². The number of carbonyl (C=O) groups excluding carboxylic acids is 1. The molecule has 5 rings (SSSR count). The summed E-state index contributed by atoms with van der Waals surface area (Å²) in [4.78, 5) is 20.0. The first-order valence-corrected chi connectivity index (χ1v) is 10.8. The number of aromatic nitrogens is 1. The summed E-state index contributed by atoms with van der Waals surface area (Å²) in [5, 5.41) is 0. The maximum absolute atomic E-state index is 13.8. The van der Waals surface area contributed by atoms with E-state index in [0.29, 0.717) is 6.54 Å². The first kappa shape index (κ1) is 20.3. The minimum atomic E-state index is -0.827. The van der Waals surface area contributed by atoms with Crippen molar-refractivity contribution in [2.24, 2.45) is 0 Å². The molecule has 4 fully saturated rings. The van der Waals surface area contributed by atoms with Gasteiger partial charge in [0, 0.05) is 18.9 Å². The van der Waals surface area contributed by atoms with Gasteiger partial charge in [-0.3, -0.25) is 9.78 Å². The summed E-state index contributed by atoms with van der Waals surface area (Å²) < 4.78 is 30.5. The van der Waals surface area contributed by atoms with Gasteiger partial charge in [-0.05, 0) is 58.6 Å². The largest absolute Gasteiger partial charge is 0.342 e. The SMILES string of the molecule is CC1(C)O[C@@H]2[C@@H](O1)[C@@H](C(=O)N1CCCC[C@@H]1c1cccnc1)O[C@H]1OC(C)(C)O[C@@H]12. The van der Waals surface area contributed by atoms with Crippen LogP contribution in [0.15, 0.2) is 24.5 Å². The maximum Gasteiger partial charge on any atom is 0.255 e. The van der Waals surface area contributed by atoms with Crippen molar-refractivity contribution in [3.05, 3.63) is 30.1 Å². The van der Waals surface area contributed by atoms with Crippen LogP contribution in [0.2, 0.25) is 0 Å². The van der Waals surface area contributed by atoms with E-state index in [9.17, 15) is 4.79 Å². The van der Waals surface area contributed by atoms with Crippen molar-refractivity contribution in [1.29, 1.82) is 0 Å². The fourth-order valence-electron chi connectivity index (χ4n) is 5.09. The van der Waals surface area contributed by atoms with Gasteiger partial charge in [0.25, 0.3) is 5.91 Å². The average Bonchev–Trinajstić information content (AvgIpc) is 3.21. The van der Waals surface area contributed by atoms with Gasteiger partial charge >= 0.3 is 0 Å². The first-order valence-electron chi connectivity index (χ1n) is 10.8. The van der Waals surface area contributed by atoms with Crippen LogP contribution >= 0.6 is 0 Å². The van der Waals surface area contributed by atoms with E-state index in [-0.39, 0.29) is 11.9 Å². The number of piperidine rings is 1. The second-order valence-corrected chi connectivity index (χ2v) is 9.42. The Morgan fingerprint density at radius 3 is 2.53 bits per heavy atom. The van der Waals surface area contributed by atoms with E-state index in [4.69, 9.17) is 23.7 Å². The molecule has 0 radical (unpaired) electrons. The molecule has 0 unspecified atom stereocenters. The molecule has 4 aliphatic rings. The standard InChI is InChI=1S/C22H30N2O6/c1-21(2)27-15-16(28-21)18-20(30-22(3,4)29-18)26-17(15)19(25)24-11-6-5-9-14(24)13-8-7-10-23-12-13/h7-8,10,12,14-18,20H,5-6,9,11H2,1-4H3/t14-,15-,16-,17+,18-,20+/m1/s1. The third-order valence-electron chi connectivity index (χ3n) is 6.25. The van der Waals surface area contributed by atoms with Crippen molar-refractivity contribution in [1.82, 2.24) is 9.88 Å². The molecule has 4 aliphatic heterocycles. The van der Waals surface area contributed by atoms with Gasteiger partial charge in [-0.25, -0.2) is 0 Å². The van der Waals surface area contributed by atoms with Crippen molar-refractivity contribution in [2.45, 2.75) is 95.3 Å². The minimum Gasteiger partial charge on any atom is -0.342 e. The van der Waals surface area contributed by atoms with Crippen LogP contribution in [0.3, 0.4) is 0 Å². The van der Waals surface area contributed by atoms with Crippen LogP contribution in [0.5, 0.6) is 0 Å². The summed E-state index contributed by atoms with van der Waals surface area (Å²) >= 11 is 0. The van der Waals surface area contributed by atoms with Gasteiger partial charge in [0.1, 0.15) is 18.3 Å². The Balaban J connectivity index is 1.44. The lowest BCUT2D eigenvalue weighted by molar-refractivity contribution is -0.235. The highest BCUT2D eigenvalue weighted by atomic mass is 16.9. The van der Waals surface area contributed by atoms with Crippen molar-refractivity contribution in [2.75, 3.05) is 6.54 Å². The molecule has 1 aromatic heterocycles. The highest BCUT2D eigenvalue weighted by Gasteiger charge is 2.62. The van der Waals surface area contributed by atoms with Gasteiger partial charge in [0.15, 0.2) is 24.0 Å². The van der Waals surface area contributed by atoms with E-state index in [1.807, 2.05) is 50.9 Å². The van der Waals surface area contributed by atoms with E-state index < -0.39 is 42.3 Å². The summed E-state index contributed by atoms with van der Waals surface area (Å²) in [6.07, 6.45) is 3.62. The number of carbonyl (C=O) groups is 1. The molecule has 30 heavy (non-hydrogen) atoms. The van der Waals surface area contributed by atoms with Gasteiger partial charge in [0.05, 0.1) is 6.04 Å². The fraction of sp³-hybridized carbons (Fsp3) is 0.727. The van der Waals surface area contributed by atoms with Crippen molar-refractivity contribution >= 4 is 5.91 Å². The number of fused-ring (bicyclic) bond motifs is 3. The molecule has 0 aromatic carbocycles. The monoisotopic (exact) mass is 418 g/mol. The number of pyridine rings is 1. The average molecular weight is 418 g/mol.